The van der Waals surface area contributed by atoms with Crippen molar-refractivity contribution in [2.24, 2.45) is 11.8 Å². The second kappa shape index (κ2) is 5.94. The molecule has 20 heavy (non-hydrogen) atoms. The van der Waals surface area contributed by atoms with Gasteiger partial charge in [-0.25, -0.2) is 0 Å². The molecule has 1 fully saturated rings. The van der Waals surface area contributed by atoms with Crippen LogP contribution in [0.15, 0.2) is 24.3 Å². The molecule has 1 aromatic carbocycles. The molecule has 3 atom stereocenters. The van der Waals surface area contributed by atoms with Crippen molar-refractivity contribution in [2.75, 3.05) is 13.2 Å². The first-order valence-corrected chi connectivity index (χ1v) is 7.37. The highest BCUT2D eigenvalue weighted by Gasteiger charge is 2.33. The van der Waals surface area contributed by atoms with E-state index in [9.17, 15) is 9.90 Å². The van der Waals surface area contributed by atoms with Crippen molar-refractivity contribution in [2.45, 2.75) is 31.9 Å². The van der Waals surface area contributed by atoms with E-state index in [4.69, 9.17) is 4.74 Å². The Balaban J connectivity index is 1.63. The van der Waals surface area contributed by atoms with Crippen molar-refractivity contribution in [3.05, 3.63) is 35.4 Å². The molecular weight excluding hydrogens is 254 g/mol. The van der Waals surface area contributed by atoms with Crippen LogP contribution < -0.4 is 5.32 Å². The highest BCUT2D eigenvalue weighted by molar-refractivity contribution is 5.70. The zero-order chi connectivity index (χ0) is 13.9. The summed E-state index contributed by atoms with van der Waals surface area (Å²) < 4.78 is 5.62. The molecule has 0 saturated heterocycles. The van der Waals surface area contributed by atoms with Gasteiger partial charge in [0, 0.05) is 0 Å². The minimum Gasteiger partial charge on any atom is -0.481 e. The molecule has 4 heteroatoms. The number of hydrogen-bond donors (Lipinski definition) is 2. The molecule has 4 nitrogen and oxygen atoms in total. The first-order chi connectivity index (χ1) is 9.75. The van der Waals surface area contributed by atoms with Crippen molar-refractivity contribution >= 4 is 5.97 Å². The Labute approximate surface area is 119 Å². The first-order valence-electron chi connectivity index (χ1n) is 7.37. The van der Waals surface area contributed by atoms with Crippen LogP contribution in [0.25, 0.3) is 0 Å². The number of aliphatic carboxylic acids is 1. The minimum absolute atomic E-state index is 0.178. The topological polar surface area (TPSA) is 58.6 Å². The summed E-state index contributed by atoms with van der Waals surface area (Å²) in [5, 5.41) is 12.7. The maximum atomic E-state index is 11.2. The first kappa shape index (κ1) is 13.6. The number of rotatable bonds is 4. The largest absolute Gasteiger partial charge is 0.481 e. The molecule has 1 aliphatic heterocycles. The van der Waals surface area contributed by atoms with Crippen LogP contribution in [0.2, 0.25) is 0 Å². The maximum absolute atomic E-state index is 11.2. The van der Waals surface area contributed by atoms with Crippen LogP contribution in [-0.2, 0) is 16.1 Å². The molecule has 0 bridgehead atoms. The van der Waals surface area contributed by atoms with Crippen LogP contribution in [0.3, 0.4) is 0 Å². The lowest BCUT2D eigenvalue weighted by atomic mass is 9.94. The van der Waals surface area contributed by atoms with Gasteiger partial charge in [-0.1, -0.05) is 30.7 Å². The molecule has 1 heterocycles. The summed E-state index contributed by atoms with van der Waals surface area (Å²) in [6, 6.07) is 8.50. The van der Waals surface area contributed by atoms with Crippen LogP contribution in [0, 0.1) is 11.8 Å². The molecule has 0 amide bonds. The number of hydrogen-bond acceptors (Lipinski definition) is 3. The number of carboxylic acid groups (broad SMARTS) is 1. The van der Waals surface area contributed by atoms with Crippen LogP contribution in [0.4, 0.5) is 0 Å². The van der Waals surface area contributed by atoms with E-state index in [1.165, 1.54) is 11.1 Å². The normalized spacial score (nSPS) is 29.1. The monoisotopic (exact) mass is 275 g/mol. The van der Waals surface area contributed by atoms with E-state index in [1.807, 2.05) is 6.07 Å². The van der Waals surface area contributed by atoms with E-state index in [2.05, 4.69) is 23.5 Å². The number of nitrogens with one attached hydrogen (secondary N) is 1. The van der Waals surface area contributed by atoms with Gasteiger partial charge >= 0.3 is 5.97 Å². The third-order valence-electron chi connectivity index (χ3n) is 4.58. The Morgan fingerprint density at radius 1 is 1.35 bits per heavy atom. The highest BCUT2D eigenvalue weighted by Crippen LogP contribution is 2.32. The summed E-state index contributed by atoms with van der Waals surface area (Å²) in [6.07, 6.45) is 2.86. The zero-order valence-electron chi connectivity index (χ0n) is 11.5. The van der Waals surface area contributed by atoms with Crippen molar-refractivity contribution in [3.63, 3.8) is 0 Å². The molecule has 1 saturated carbocycles. The zero-order valence-corrected chi connectivity index (χ0v) is 11.5. The molecule has 1 aromatic rings. The third kappa shape index (κ3) is 2.72. The molecule has 1 aliphatic carbocycles. The lowest BCUT2D eigenvalue weighted by molar-refractivity contribution is -0.142. The fourth-order valence-corrected chi connectivity index (χ4v) is 3.45. The van der Waals surface area contributed by atoms with Gasteiger partial charge in [0.25, 0.3) is 0 Å². The van der Waals surface area contributed by atoms with E-state index < -0.39 is 5.97 Å². The lowest BCUT2D eigenvalue weighted by Gasteiger charge is -2.28. The summed E-state index contributed by atoms with van der Waals surface area (Å²) in [4.78, 5) is 11.2. The average Bonchev–Trinajstić information content (AvgIpc) is 2.93. The summed E-state index contributed by atoms with van der Waals surface area (Å²) in [5.74, 6) is -0.571. The van der Waals surface area contributed by atoms with Gasteiger partial charge in [-0.15, -0.1) is 0 Å². The predicted octanol–water partition coefficient (Wildman–Crippen LogP) is 2.35. The quantitative estimate of drug-likeness (QED) is 0.885. The maximum Gasteiger partial charge on any atom is 0.306 e. The van der Waals surface area contributed by atoms with Gasteiger partial charge in [0.05, 0.1) is 25.2 Å². The molecular formula is C16H21NO3. The fraction of sp³-hybridized carbons (Fsp3) is 0.562. The van der Waals surface area contributed by atoms with Crippen molar-refractivity contribution in [3.8, 4) is 0 Å². The molecule has 0 radical (unpaired) electrons. The number of ether oxygens (including phenoxy) is 1. The smallest absolute Gasteiger partial charge is 0.306 e. The van der Waals surface area contributed by atoms with Crippen LogP contribution >= 0.6 is 0 Å². The standard InChI is InChI=1S/C16H21NO3/c18-16(19)14-7-3-5-11(14)8-17-15-10-20-9-12-4-1-2-6-13(12)15/h1-2,4,6,11,14-15,17H,3,5,7-10H2,(H,18,19). The molecule has 2 aliphatic rings. The van der Waals surface area contributed by atoms with E-state index >= 15 is 0 Å². The Morgan fingerprint density at radius 3 is 3.05 bits per heavy atom. The molecule has 108 valence electrons. The summed E-state index contributed by atoms with van der Waals surface area (Å²) in [6.45, 7) is 2.11. The van der Waals surface area contributed by atoms with Gasteiger partial charge in [-0.2, -0.15) is 0 Å². The summed E-state index contributed by atoms with van der Waals surface area (Å²) in [7, 11) is 0. The summed E-state index contributed by atoms with van der Waals surface area (Å²) in [5.41, 5.74) is 2.53. The number of benzene rings is 1. The van der Waals surface area contributed by atoms with Gasteiger partial charge in [0.15, 0.2) is 0 Å². The van der Waals surface area contributed by atoms with Gasteiger partial charge in [0.2, 0.25) is 0 Å². The lowest BCUT2D eigenvalue weighted by Crippen LogP contribution is -2.35. The van der Waals surface area contributed by atoms with Crippen molar-refractivity contribution < 1.29 is 14.6 Å². The van der Waals surface area contributed by atoms with Gasteiger partial charge in [-0.3, -0.25) is 4.79 Å². The Bertz CT molecular complexity index is 488. The third-order valence-corrected chi connectivity index (χ3v) is 4.58. The SMILES string of the molecule is O=C(O)C1CCCC1CNC1COCc2ccccc21. The predicted molar refractivity (Wildman–Crippen MR) is 75.3 cm³/mol. The second-order valence-electron chi connectivity index (χ2n) is 5.81. The van der Waals surface area contributed by atoms with E-state index in [0.717, 1.165) is 25.8 Å². The van der Waals surface area contributed by atoms with Crippen molar-refractivity contribution in [1.29, 1.82) is 0 Å². The van der Waals surface area contributed by atoms with Gasteiger partial charge in [-0.05, 0) is 36.4 Å². The summed E-state index contributed by atoms with van der Waals surface area (Å²) >= 11 is 0. The fourth-order valence-electron chi connectivity index (χ4n) is 3.45. The Hall–Kier alpha value is -1.39. The van der Waals surface area contributed by atoms with Crippen LogP contribution in [0.1, 0.15) is 36.4 Å². The van der Waals surface area contributed by atoms with E-state index in [-0.39, 0.29) is 17.9 Å². The van der Waals surface area contributed by atoms with Crippen LogP contribution in [0.5, 0.6) is 0 Å². The van der Waals surface area contributed by atoms with Crippen molar-refractivity contribution in [1.82, 2.24) is 5.32 Å². The highest BCUT2D eigenvalue weighted by atomic mass is 16.5. The van der Waals surface area contributed by atoms with E-state index in [0.29, 0.717) is 13.2 Å². The Kier molecular flexibility index (Phi) is 4.03. The number of carboxylic acids is 1. The second-order valence-corrected chi connectivity index (χ2v) is 5.81. The molecule has 2 N–H and O–H groups in total. The minimum atomic E-state index is -0.644. The number of fused-ring (bicyclic) bond motifs is 1. The van der Waals surface area contributed by atoms with E-state index in [1.54, 1.807) is 0 Å². The van der Waals surface area contributed by atoms with Gasteiger partial charge in [0.1, 0.15) is 0 Å². The molecule has 3 unspecified atom stereocenters. The average molecular weight is 275 g/mol. The Morgan fingerprint density at radius 2 is 2.20 bits per heavy atom. The molecule has 0 spiro atoms. The van der Waals surface area contributed by atoms with Gasteiger partial charge < -0.3 is 15.2 Å². The van der Waals surface area contributed by atoms with Crippen LogP contribution in [-0.4, -0.2) is 24.2 Å². The number of carbonyl (C=O) groups is 1. The molecule has 0 aromatic heterocycles. The molecule has 3 rings (SSSR count).